The second kappa shape index (κ2) is 19.1. The van der Waals surface area contributed by atoms with Crippen LogP contribution in [0.1, 0.15) is 122 Å². The van der Waals surface area contributed by atoms with Gasteiger partial charge in [-0.05, 0) is 98.2 Å². The van der Waals surface area contributed by atoms with E-state index in [0.29, 0.717) is 25.7 Å². The molecule has 3 N–H and O–H groups in total. The van der Waals surface area contributed by atoms with Crippen LogP contribution in [-0.2, 0) is 22.5 Å². The van der Waals surface area contributed by atoms with Gasteiger partial charge in [-0.15, -0.1) is 0 Å². The summed E-state index contributed by atoms with van der Waals surface area (Å²) in [4.78, 5) is 13.8. The van der Waals surface area contributed by atoms with Crippen molar-refractivity contribution in [3.63, 3.8) is 0 Å². The van der Waals surface area contributed by atoms with Crippen LogP contribution in [-0.4, -0.2) is 92.0 Å². The Bertz CT molecular complexity index is 1090. The minimum Gasteiger partial charge on any atom is -0.512 e. The minimum absolute atomic E-state index is 0.000114. The van der Waals surface area contributed by atoms with Gasteiger partial charge in [0.25, 0.3) is 0 Å². The lowest BCUT2D eigenvalue weighted by Gasteiger charge is -2.42. The number of hydrogen-bond donors (Lipinski definition) is 3. The molecule has 12 heteroatoms. The summed E-state index contributed by atoms with van der Waals surface area (Å²) in [6.45, 7) is 43.9. The number of carbonyl (C=O) groups excluding carboxylic acids is 1. The second-order valence-corrected chi connectivity index (χ2v) is 40.0. The van der Waals surface area contributed by atoms with Crippen LogP contribution in [0.25, 0.3) is 0 Å². The Labute approximate surface area is 319 Å². The third kappa shape index (κ3) is 17.0. The van der Waals surface area contributed by atoms with Crippen LogP contribution in [0.15, 0.2) is 11.8 Å². The van der Waals surface area contributed by atoms with Crippen molar-refractivity contribution >= 4 is 39.1 Å². The van der Waals surface area contributed by atoms with Crippen LogP contribution in [0.5, 0.6) is 0 Å². The number of rotatable bonds is 21. The molecule has 304 valence electrons. The first-order chi connectivity index (χ1) is 22.5. The third-order valence-electron chi connectivity index (χ3n) is 12.2. The number of aliphatic hydroxyl groups is 3. The fourth-order valence-electron chi connectivity index (χ4n) is 4.81. The quantitative estimate of drug-likeness (QED) is 0.0598. The molecule has 0 spiro atoms. The molecule has 0 aliphatic heterocycles. The monoisotopic (exact) mass is 793 g/mol. The lowest BCUT2D eigenvalue weighted by atomic mass is 10.0. The van der Waals surface area contributed by atoms with Crippen molar-refractivity contribution in [3.05, 3.63) is 11.8 Å². The smallest absolute Gasteiger partial charge is 0.192 e. The van der Waals surface area contributed by atoms with Crippen LogP contribution >= 0.6 is 0 Å². The summed E-state index contributed by atoms with van der Waals surface area (Å²) in [6.07, 6.45) is 2.30. The maximum absolute atomic E-state index is 13.8. The van der Waals surface area contributed by atoms with E-state index in [1.165, 1.54) is 6.08 Å². The fourth-order valence-corrected chi connectivity index (χ4v) is 10.3. The maximum atomic E-state index is 13.8. The van der Waals surface area contributed by atoms with Gasteiger partial charge < -0.3 is 33.0 Å². The summed E-state index contributed by atoms with van der Waals surface area (Å²) in [5.74, 6) is -0.226. The van der Waals surface area contributed by atoms with Gasteiger partial charge in [-0.1, -0.05) is 83.1 Å². The first kappa shape index (κ1) is 50.8. The molecular formula is C39H84O8Si4. The molecule has 0 unspecified atom stereocenters. The number of allylic oxidation sites excluding steroid dienone is 1. The summed E-state index contributed by atoms with van der Waals surface area (Å²) in [5, 5.41) is 31.2. The maximum Gasteiger partial charge on any atom is 0.192 e. The summed E-state index contributed by atoms with van der Waals surface area (Å²) in [6, 6.07) is 0. The average Bonchev–Trinajstić information content (AvgIpc) is 2.84. The van der Waals surface area contributed by atoms with Gasteiger partial charge in [-0.2, -0.15) is 0 Å². The van der Waals surface area contributed by atoms with Gasteiger partial charge in [-0.25, -0.2) is 0 Å². The topological polar surface area (TPSA) is 115 Å². The third-order valence-corrected chi connectivity index (χ3v) is 30.4. The Morgan fingerprint density at radius 1 is 0.510 bits per heavy atom. The Balaban J connectivity index is 6.54. The van der Waals surface area contributed by atoms with E-state index in [4.69, 9.17) is 17.7 Å². The number of ketones is 1. The van der Waals surface area contributed by atoms with Gasteiger partial charge in [0.2, 0.25) is 0 Å². The highest BCUT2D eigenvalue weighted by Gasteiger charge is 2.44. The van der Waals surface area contributed by atoms with E-state index >= 15 is 0 Å². The van der Waals surface area contributed by atoms with Crippen LogP contribution in [0.3, 0.4) is 0 Å². The zero-order valence-electron chi connectivity index (χ0n) is 36.9. The predicted molar refractivity (Wildman–Crippen MR) is 226 cm³/mol. The Kier molecular flexibility index (Phi) is 19.1. The van der Waals surface area contributed by atoms with Gasteiger partial charge in [0.15, 0.2) is 39.1 Å². The number of aliphatic hydroxyl groups excluding tert-OH is 3. The molecule has 0 aromatic heterocycles. The van der Waals surface area contributed by atoms with E-state index in [1.807, 2.05) is 0 Å². The molecule has 0 aromatic rings. The van der Waals surface area contributed by atoms with Crippen LogP contribution in [0, 0.1) is 0 Å². The van der Waals surface area contributed by atoms with E-state index in [-0.39, 0.29) is 76.1 Å². The summed E-state index contributed by atoms with van der Waals surface area (Å²) in [5.41, 5.74) is 0. The zero-order valence-corrected chi connectivity index (χ0v) is 40.9. The van der Waals surface area contributed by atoms with Crippen molar-refractivity contribution in [2.45, 2.75) is 219 Å². The molecule has 0 saturated carbocycles. The zero-order chi connectivity index (χ0) is 40.7. The highest BCUT2D eigenvalue weighted by molar-refractivity contribution is 6.75. The van der Waals surface area contributed by atoms with Crippen LogP contribution in [0.4, 0.5) is 0 Å². The van der Waals surface area contributed by atoms with Crippen molar-refractivity contribution < 1.29 is 37.8 Å². The highest BCUT2D eigenvalue weighted by Crippen LogP contribution is 2.42. The Hall–Kier alpha value is -0.162. The first-order valence-corrected chi connectivity index (χ1v) is 31.0. The van der Waals surface area contributed by atoms with Gasteiger partial charge >= 0.3 is 0 Å². The van der Waals surface area contributed by atoms with Crippen molar-refractivity contribution in [1.82, 2.24) is 0 Å². The van der Waals surface area contributed by atoms with E-state index in [1.54, 1.807) is 0 Å². The molecule has 0 fully saturated rings. The molecule has 0 rings (SSSR count). The van der Waals surface area contributed by atoms with E-state index in [9.17, 15) is 20.1 Å². The first-order valence-electron chi connectivity index (χ1n) is 19.4. The summed E-state index contributed by atoms with van der Waals surface area (Å²) >= 11 is 0. The molecule has 0 radical (unpaired) electrons. The molecule has 4 atom stereocenters. The SMILES string of the molecule is CC(C)(C)[Si](C)(C)O[C@H](CCO)C[C@H](CC(=O)/C=C(\O)C[C@H](C[C@H](CCO)O[Si](C)(C)C(C)(C)C)O[Si](C)(C)C(C)(C)C)O[Si](C)(C)C(C)(C)C. The highest BCUT2D eigenvalue weighted by atomic mass is 28.4. The standard InChI is InChI=1S/C39H84O8Si4/c1-36(2,3)48(13,14)44-32(21-23-40)28-34(46-50(17,18)38(7,8)9)26-30(42)25-31(43)27-35(47-51(19,20)39(10,11)12)29-33(22-24-41)45-49(15,16)37(4,5)6/h25,32-35,40-42H,21-24,26-29H2,1-20H3/b30-25-/t32-,33+,34+,35-/m0/s1. The lowest BCUT2D eigenvalue weighted by Crippen LogP contribution is -2.48. The van der Waals surface area contributed by atoms with Crippen molar-refractivity contribution in [3.8, 4) is 0 Å². The molecule has 0 amide bonds. The van der Waals surface area contributed by atoms with Crippen molar-refractivity contribution in [2.75, 3.05) is 13.2 Å². The van der Waals surface area contributed by atoms with E-state index in [2.05, 4.69) is 135 Å². The summed E-state index contributed by atoms with van der Waals surface area (Å²) < 4.78 is 27.3. The van der Waals surface area contributed by atoms with Crippen LogP contribution < -0.4 is 0 Å². The molecule has 0 saturated heterocycles. The molecular weight excluding hydrogens is 709 g/mol. The molecule has 0 aliphatic rings. The summed E-state index contributed by atoms with van der Waals surface area (Å²) in [7, 11) is -8.85. The van der Waals surface area contributed by atoms with Gasteiger partial charge in [0.05, 0.1) is 18.0 Å². The number of hydrogen-bond acceptors (Lipinski definition) is 8. The van der Waals surface area contributed by atoms with E-state index < -0.39 is 39.4 Å². The molecule has 0 aliphatic carbocycles. The van der Waals surface area contributed by atoms with Crippen molar-refractivity contribution in [2.24, 2.45) is 0 Å². The van der Waals surface area contributed by atoms with Gasteiger partial charge in [-0.3, -0.25) is 4.79 Å². The minimum atomic E-state index is -2.28. The normalized spacial score (nSPS) is 17.3. The van der Waals surface area contributed by atoms with E-state index in [0.717, 1.165) is 0 Å². The number of carbonyl (C=O) groups is 1. The molecule has 51 heavy (non-hydrogen) atoms. The second-order valence-electron chi connectivity index (χ2n) is 21.0. The van der Waals surface area contributed by atoms with Crippen LogP contribution in [0.2, 0.25) is 72.5 Å². The molecule has 8 nitrogen and oxygen atoms in total. The van der Waals surface area contributed by atoms with Crippen molar-refractivity contribution in [1.29, 1.82) is 0 Å². The fraction of sp³-hybridized carbons (Fsp3) is 0.923. The van der Waals surface area contributed by atoms with Gasteiger partial charge in [0, 0.05) is 44.3 Å². The molecule has 0 heterocycles. The lowest BCUT2D eigenvalue weighted by molar-refractivity contribution is -0.116. The Morgan fingerprint density at radius 3 is 1.02 bits per heavy atom. The average molecular weight is 793 g/mol. The molecule has 0 aromatic carbocycles. The predicted octanol–water partition coefficient (Wildman–Crippen LogP) is 10.9. The van der Waals surface area contributed by atoms with Gasteiger partial charge in [0.1, 0.15) is 0 Å². The largest absolute Gasteiger partial charge is 0.512 e. The Morgan fingerprint density at radius 2 is 0.765 bits per heavy atom. The molecule has 0 bridgehead atoms.